The van der Waals surface area contributed by atoms with Crippen LogP contribution in [0.4, 0.5) is 0 Å². The summed E-state index contributed by atoms with van der Waals surface area (Å²) in [6.45, 7) is 7.14. The van der Waals surface area contributed by atoms with Crippen molar-refractivity contribution in [3.05, 3.63) is 0 Å². The summed E-state index contributed by atoms with van der Waals surface area (Å²) in [5.41, 5.74) is 0. The molecule has 0 spiro atoms. The average molecular weight is 183 g/mol. The maximum Gasteiger partial charge on any atom is 0.00642 e. The maximum absolute atomic E-state index is 3.39. The normalized spacial score (nSPS) is 32.1. The fourth-order valence-electron chi connectivity index (χ4n) is 2.48. The summed E-state index contributed by atoms with van der Waals surface area (Å²) in [5, 5.41) is 3.39. The Morgan fingerprint density at radius 1 is 1.00 bits per heavy atom. The van der Waals surface area contributed by atoms with E-state index < -0.39 is 0 Å². The van der Waals surface area contributed by atoms with Gasteiger partial charge in [0, 0.05) is 6.04 Å². The number of hydrogen-bond acceptors (Lipinski definition) is 1. The van der Waals surface area contributed by atoms with E-state index in [0.29, 0.717) is 0 Å². The molecule has 13 heavy (non-hydrogen) atoms. The van der Waals surface area contributed by atoms with Crippen LogP contribution < -0.4 is 5.32 Å². The summed E-state index contributed by atoms with van der Waals surface area (Å²) in [5.74, 6) is 2.76. The van der Waals surface area contributed by atoms with Gasteiger partial charge < -0.3 is 5.32 Å². The molecule has 1 saturated carbocycles. The summed E-state index contributed by atoms with van der Waals surface area (Å²) in [4.78, 5) is 0. The molecule has 0 heterocycles. The summed E-state index contributed by atoms with van der Waals surface area (Å²) in [7, 11) is 2.09. The van der Waals surface area contributed by atoms with Crippen LogP contribution in [0.1, 0.15) is 46.5 Å². The van der Waals surface area contributed by atoms with Gasteiger partial charge in [0.2, 0.25) is 0 Å². The zero-order valence-electron chi connectivity index (χ0n) is 9.64. The lowest BCUT2D eigenvalue weighted by atomic mass is 9.75. The molecule has 1 rings (SSSR count). The zero-order chi connectivity index (χ0) is 9.84. The molecule has 0 aliphatic heterocycles. The number of hydrogen-bond donors (Lipinski definition) is 1. The van der Waals surface area contributed by atoms with E-state index in [0.717, 1.165) is 23.8 Å². The quantitative estimate of drug-likeness (QED) is 0.709. The lowest BCUT2D eigenvalue weighted by Crippen LogP contribution is -2.32. The molecule has 1 aliphatic rings. The zero-order valence-corrected chi connectivity index (χ0v) is 9.64. The molecule has 0 saturated heterocycles. The minimum atomic E-state index is 0.801. The monoisotopic (exact) mass is 183 g/mol. The van der Waals surface area contributed by atoms with E-state index >= 15 is 0 Å². The van der Waals surface area contributed by atoms with E-state index in [-0.39, 0.29) is 0 Å². The Morgan fingerprint density at radius 3 is 1.92 bits per heavy atom. The van der Waals surface area contributed by atoms with Crippen molar-refractivity contribution in [2.24, 2.45) is 17.8 Å². The highest BCUT2D eigenvalue weighted by Gasteiger charge is 2.25. The largest absolute Gasteiger partial charge is 0.317 e. The van der Waals surface area contributed by atoms with Gasteiger partial charge >= 0.3 is 0 Å². The Kier molecular flexibility index (Phi) is 4.24. The number of rotatable bonds is 3. The Bertz CT molecular complexity index is 134. The van der Waals surface area contributed by atoms with Crippen molar-refractivity contribution in [3.63, 3.8) is 0 Å². The molecule has 1 nitrogen and oxygen atoms in total. The maximum atomic E-state index is 3.39. The van der Waals surface area contributed by atoms with Crippen LogP contribution >= 0.6 is 0 Å². The van der Waals surface area contributed by atoms with E-state index in [1.807, 2.05) is 0 Å². The molecule has 0 amide bonds. The third-order valence-electron chi connectivity index (χ3n) is 3.98. The van der Waals surface area contributed by atoms with Crippen LogP contribution in [0.5, 0.6) is 0 Å². The highest BCUT2D eigenvalue weighted by atomic mass is 14.9. The lowest BCUT2D eigenvalue weighted by molar-refractivity contribution is 0.193. The molecule has 0 radical (unpaired) electrons. The number of nitrogens with one attached hydrogen (secondary N) is 1. The standard InChI is InChI=1S/C12H25N/c1-9(2)10(3)11-5-7-12(13-4)8-6-11/h9-13H,5-8H2,1-4H3. The van der Waals surface area contributed by atoms with Gasteiger partial charge in [-0.25, -0.2) is 0 Å². The molecule has 1 heteroatoms. The van der Waals surface area contributed by atoms with Gasteiger partial charge in [0.15, 0.2) is 0 Å². The van der Waals surface area contributed by atoms with Crippen molar-refractivity contribution in [2.75, 3.05) is 7.05 Å². The Morgan fingerprint density at radius 2 is 1.54 bits per heavy atom. The van der Waals surface area contributed by atoms with Gasteiger partial charge in [-0.05, 0) is 50.5 Å². The molecule has 0 aromatic rings. The summed E-state index contributed by atoms with van der Waals surface area (Å²) >= 11 is 0. The minimum absolute atomic E-state index is 0.801. The van der Waals surface area contributed by atoms with Crippen LogP contribution in [0.25, 0.3) is 0 Å². The molecule has 1 fully saturated rings. The third-order valence-corrected chi connectivity index (χ3v) is 3.98. The molecular weight excluding hydrogens is 158 g/mol. The average Bonchev–Trinajstić information content (AvgIpc) is 2.17. The molecule has 1 atom stereocenters. The van der Waals surface area contributed by atoms with Crippen molar-refractivity contribution in [3.8, 4) is 0 Å². The summed E-state index contributed by atoms with van der Waals surface area (Å²) < 4.78 is 0. The molecule has 1 unspecified atom stereocenters. The molecule has 1 N–H and O–H groups in total. The van der Waals surface area contributed by atoms with Crippen LogP contribution in [0.2, 0.25) is 0 Å². The second kappa shape index (κ2) is 4.99. The topological polar surface area (TPSA) is 12.0 Å². The van der Waals surface area contributed by atoms with Crippen LogP contribution in [-0.4, -0.2) is 13.1 Å². The highest BCUT2D eigenvalue weighted by Crippen LogP contribution is 2.33. The van der Waals surface area contributed by atoms with Crippen molar-refractivity contribution >= 4 is 0 Å². The van der Waals surface area contributed by atoms with Gasteiger partial charge in [0.1, 0.15) is 0 Å². The highest BCUT2D eigenvalue weighted by molar-refractivity contribution is 4.79. The van der Waals surface area contributed by atoms with Crippen LogP contribution in [-0.2, 0) is 0 Å². The van der Waals surface area contributed by atoms with Crippen LogP contribution in [0, 0.1) is 17.8 Å². The molecule has 0 aromatic carbocycles. The van der Waals surface area contributed by atoms with E-state index in [4.69, 9.17) is 0 Å². The fraction of sp³-hybridized carbons (Fsp3) is 1.00. The van der Waals surface area contributed by atoms with Gasteiger partial charge in [0.05, 0.1) is 0 Å². The van der Waals surface area contributed by atoms with Crippen molar-refractivity contribution in [1.29, 1.82) is 0 Å². The molecule has 0 bridgehead atoms. The van der Waals surface area contributed by atoms with Gasteiger partial charge in [-0.2, -0.15) is 0 Å². The predicted molar refractivity (Wildman–Crippen MR) is 58.8 cm³/mol. The Hall–Kier alpha value is -0.0400. The SMILES string of the molecule is CNC1CCC(C(C)C(C)C)CC1. The Labute approximate surface area is 83.3 Å². The van der Waals surface area contributed by atoms with Crippen molar-refractivity contribution < 1.29 is 0 Å². The molecule has 0 aromatic heterocycles. The van der Waals surface area contributed by atoms with Gasteiger partial charge in [0.25, 0.3) is 0 Å². The van der Waals surface area contributed by atoms with Crippen molar-refractivity contribution in [1.82, 2.24) is 5.32 Å². The first-order valence-electron chi connectivity index (χ1n) is 5.82. The van der Waals surface area contributed by atoms with E-state index in [1.54, 1.807) is 0 Å². The fourth-order valence-corrected chi connectivity index (χ4v) is 2.48. The first-order chi connectivity index (χ1) is 6.15. The molecular formula is C12H25N. The van der Waals surface area contributed by atoms with Gasteiger partial charge in [-0.3, -0.25) is 0 Å². The third kappa shape index (κ3) is 2.98. The van der Waals surface area contributed by atoms with E-state index in [1.165, 1.54) is 25.7 Å². The van der Waals surface area contributed by atoms with Gasteiger partial charge in [-0.1, -0.05) is 20.8 Å². The minimum Gasteiger partial charge on any atom is -0.317 e. The predicted octanol–water partition coefficient (Wildman–Crippen LogP) is 3.06. The second-order valence-electron chi connectivity index (χ2n) is 5.00. The lowest BCUT2D eigenvalue weighted by Gasteiger charge is -2.33. The molecule has 78 valence electrons. The first-order valence-corrected chi connectivity index (χ1v) is 5.82. The van der Waals surface area contributed by atoms with E-state index in [2.05, 4.69) is 33.1 Å². The van der Waals surface area contributed by atoms with Crippen LogP contribution in [0.3, 0.4) is 0 Å². The Balaban J connectivity index is 2.32. The molecule has 1 aliphatic carbocycles. The van der Waals surface area contributed by atoms with Crippen molar-refractivity contribution in [2.45, 2.75) is 52.5 Å². The summed E-state index contributed by atoms with van der Waals surface area (Å²) in [6, 6.07) is 0.801. The van der Waals surface area contributed by atoms with Gasteiger partial charge in [-0.15, -0.1) is 0 Å². The summed E-state index contributed by atoms with van der Waals surface area (Å²) in [6.07, 6.45) is 5.64. The van der Waals surface area contributed by atoms with Crippen LogP contribution in [0.15, 0.2) is 0 Å². The smallest absolute Gasteiger partial charge is 0.00642 e. The van der Waals surface area contributed by atoms with E-state index in [9.17, 15) is 0 Å². The first kappa shape index (κ1) is 11.0. The second-order valence-corrected chi connectivity index (χ2v) is 5.00.